The summed E-state index contributed by atoms with van der Waals surface area (Å²) in [6.45, 7) is 10.4. The molecule has 14 nitrogen and oxygen atoms in total. The van der Waals surface area contributed by atoms with Crippen molar-refractivity contribution in [3.8, 4) is 0 Å². The Hall–Kier alpha value is -3.83. The summed E-state index contributed by atoms with van der Waals surface area (Å²) in [5.41, 5.74) is 4.17. The molecule has 326 valence electrons. The van der Waals surface area contributed by atoms with Crippen LogP contribution in [0.25, 0.3) is 0 Å². The van der Waals surface area contributed by atoms with E-state index in [0.29, 0.717) is 19.3 Å². The molecule has 0 saturated carbocycles. The molecule has 0 bridgehead atoms. The van der Waals surface area contributed by atoms with Crippen molar-refractivity contribution in [2.45, 2.75) is 136 Å². The summed E-state index contributed by atoms with van der Waals surface area (Å²) in [5.74, 6) is -4.81. The monoisotopic (exact) mass is 818 g/mol. The van der Waals surface area contributed by atoms with Crippen molar-refractivity contribution in [1.82, 2.24) is 21.1 Å². The van der Waals surface area contributed by atoms with Crippen LogP contribution in [0.15, 0.2) is 71.7 Å². The highest BCUT2D eigenvalue weighted by Crippen LogP contribution is 2.28. The third-order valence-electron chi connectivity index (χ3n) is 10.5. The zero-order valence-corrected chi connectivity index (χ0v) is 35.0. The number of ether oxygens (including phenoxy) is 1. The van der Waals surface area contributed by atoms with Gasteiger partial charge in [-0.25, -0.2) is 14.6 Å². The number of Topliss-reactive ketones (excluding diaryl/α,β-unsaturated/α-hetero) is 1. The first-order valence-corrected chi connectivity index (χ1v) is 20.2. The number of hydrogen-bond donors (Lipinski definition) is 8. The van der Waals surface area contributed by atoms with E-state index in [2.05, 4.69) is 20.8 Å². The van der Waals surface area contributed by atoms with Crippen molar-refractivity contribution < 1.29 is 53.8 Å². The number of aliphatic hydroxyl groups excluding tert-OH is 4. The molecule has 1 fully saturated rings. The zero-order chi connectivity index (χ0) is 43.5. The van der Waals surface area contributed by atoms with E-state index < -0.39 is 84.2 Å². The van der Waals surface area contributed by atoms with Crippen LogP contribution in [0.3, 0.4) is 0 Å². The predicted molar refractivity (Wildman–Crippen MR) is 218 cm³/mol. The minimum Gasteiger partial charge on any atom is -0.466 e. The minimum absolute atomic E-state index is 0.0866. The molecule has 8 N–H and O–H groups in total. The van der Waals surface area contributed by atoms with E-state index in [4.69, 9.17) is 0 Å². The second-order valence-electron chi connectivity index (χ2n) is 15.8. The number of ketones is 1. The van der Waals surface area contributed by atoms with Crippen molar-refractivity contribution in [3.63, 3.8) is 0 Å². The first-order chi connectivity index (χ1) is 27.4. The maximum absolute atomic E-state index is 14.7. The van der Waals surface area contributed by atoms with Crippen molar-refractivity contribution >= 4 is 23.6 Å². The molecular formula is C43H67FN4O10. The number of nitrogens with zero attached hydrogens (tertiary/aromatic N) is 1. The van der Waals surface area contributed by atoms with Crippen LogP contribution in [0, 0.1) is 23.7 Å². The fourth-order valence-corrected chi connectivity index (χ4v) is 6.71. The topological polar surface area (TPSA) is 218 Å². The third-order valence-corrected chi connectivity index (χ3v) is 10.5. The molecule has 0 spiro atoms. The number of hydrogen-bond acceptors (Lipinski definition) is 12. The Morgan fingerprint density at radius 3 is 2.36 bits per heavy atom. The van der Waals surface area contributed by atoms with Gasteiger partial charge in [-0.2, -0.15) is 0 Å². The van der Waals surface area contributed by atoms with Crippen LogP contribution in [0.5, 0.6) is 0 Å². The first-order valence-electron chi connectivity index (χ1n) is 20.2. The van der Waals surface area contributed by atoms with Crippen LogP contribution in [0.2, 0.25) is 0 Å². The Labute approximate surface area is 342 Å². The van der Waals surface area contributed by atoms with E-state index in [9.17, 15) is 49.1 Å². The van der Waals surface area contributed by atoms with Gasteiger partial charge in [0.05, 0.1) is 31.4 Å². The Balaban J connectivity index is 2.19. The third kappa shape index (κ3) is 17.2. The summed E-state index contributed by atoms with van der Waals surface area (Å²) in [7, 11) is 1.32. The average Bonchev–Trinajstić information content (AvgIpc) is 3.17. The SMILES string of the molecule is COC(=O)/C=C/C=C(\C)CC/C=C/C=C/C[C@H](C)[C@@H](O)[C@@H](CCC(C)=O)C(O)N[C@H](C(=O)N[C@@H](CC1=CC(O)C(C)C(F)=C1)C(=O)N1CCCC(C(O)O)N1)C(C)C. The first kappa shape index (κ1) is 50.3. The summed E-state index contributed by atoms with van der Waals surface area (Å²) in [6.07, 6.45) is 12.7. The molecular weight excluding hydrogens is 751 g/mol. The summed E-state index contributed by atoms with van der Waals surface area (Å²) >= 11 is 0. The lowest BCUT2D eigenvalue weighted by Gasteiger charge is -2.37. The van der Waals surface area contributed by atoms with Crippen LogP contribution in [-0.4, -0.2) is 111 Å². The number of carbonyl (C=O) groups is 4. The lowest BCUT2D eigenvalue weighted by atomic mass is 9.84. The normalized spacial score (nSPS) is 22.5. The number of esters is 1. The van der Waals surface area contributed by atoms with Gasteiger partial charge in [0.15, 0.2) is 6.29 Å². The number of halogens is 1. The largest absolute Gasteiger partial charge is 0.466 e. The Kier molecular flexibility index (Phi) is 22.2. The molecule has 2 aliphatic rings. The van der Waals surface area contributed by atoms with Gasteiger partial charge in [0.25, 0.3) is 5.91 Å². The van der Waals surface area contributed by atoms with E-state index in [0.717, 1.165) is 18.4 Å². The highest BCUT2D eigenvalue weighted by molar-refractivity contribution is 5.90. The summed E-state index contributed by atoms with van der Waals surface area (Å²) in [5, 5.41) is 59.8. The van der Waals surface area contributed by atoms with Gasteiger partial charge in [0.1, 0.15) is 23.9 Å². The second-order valence-corrected chi connectivity index (χ2v) is 15.8. The van der Waals surface area contributed by atoms with Crippen LogP contribution in [-0.2, 0) is 23.9 Å². The molecule has 58 heavy (non-hydrogen) atoms. The lowest BCUT2D eigenvalue weighted by Crippen LogP contribution is -2.62. The number of aliphatic hydroxyl groups is 5. The van der Waals surface area contributed by atoms with Crippen LogP contribution < -0.4 is 16.1 Å². The summed E-state index contributed by atoms with van der Waals surface area (Å²) in [6, 6.07) is -3.19. The van der Waals surface area contributed by atoms with E-state index in [-0.39, 0.29) is 43.1 Å². The smallest absolute Gasteiger partial charge is 0.330 e. The fraction of sp³-hybridized carbons (Fsp3) is 0.628. The highest BCUT2D eigenvalue weighted by atomic mass is 19.1. The molecule has 0 aromatic heterocycles. The molecule has 1 heterocycles. The molecule has 15 heteroatoms. The summed E-state index contributed by atoms with van der Waals surface area (Å²) < 4.78 is 19.3. The molecule has 4 unspecified atom stereocenters. The highest BCUT2D eigenvalue weighted by Gasteiger charge is 2.37. The Morgan fingerprint density at radius 2 is 1.74 bits per heavy atom. The van der Waals surface area contributed by atoms with Crippen molar-refractivity contribution in [1.29, 1.82) is 0 Å². The van der Waals surface area contributed by atoms with E-state index in [1.54, 1.807) is 19.9 Å². The Morgan fingerprint density at radius 1 is 1.05 bits per heavy atom. The molecule has 1 aliphatic carbocycles. The number of amides is 2. The number of carbonyl (C=O) groups excluding carboxylic acids is 4. The van der Waals surface area contributed by atoms with Crippen LogP contribution in [0.1, 0.15) is 92.9 Å². The van der Waals surface area contributed by atoms with Gasteiger partial charge in [-0.3, -0.25) is 19.9 Å². The number of allylic oxidation sites excluding steroid dienone is 8. The van der Waals surface area contributed by atoms with E-state index in [1.807, 2.05) is 44.2 Å². The Bertz CT molecular complexity index is 1540. The van der Waals surface area contributed by atoms with E-state index >= 15 is 0 Å². The fourth-order valence-electron chi connectivity index (χ4n) is 6.71. The van der Waals surface area contributed by atoms with Crippen LogP contribution >= 0.6 is 0 Å². The van der Waals surface area contributed by atoms with Gasteiger partial charge in [0.2, 0.25) is 5.91 Å². The second kappa shape index (κ2) is 25.6. The van der Waals surface area contributed by atoms with E-state index in [1.165, 1.54) is 44.2 Å². The van der Waals surface area contributed by atoms with Gasteiger partial charge < -0.3 is 40.4 Å². The number of hydrazine groups is 1. The molecule has 2 amide bonds. The lowest BCUT2D eigenvalue weighted by molar-refractivity contribution is -0.148. The molecule has 2 rings (SSSR count). The molecule has 1 saturated heterocycles. The molecule has 1 aliphatic heterocycles. The number of nitrogens with one attached hydrogen (secondary N) is 3. The van der Waals surface area contributed by atoms with Gasteiger partial charge in [-0.05, 0) is 75.9 Å². The molecule has 0 radical (unpaired) electrons. The van der Waals surface area contributed by atoms with Crippen LogP contribution in [0.4, 0.5) is 4.39 Å². The van der Waals surface area contributed by atoms with Gasteiger partial charge in [0, 0.05) is 37.3 Å². The molecule has 0 aromatic carbocycles. The standard InChI is InChI=1S/C43H67FN4O10/c1-26(2)38(41(54)45-35(24-31-23-33(44)30(6)36(50)25-31)42(55)48-22-14-18-34(47-48)43(56)57)46-40(53)32(21-20-29(5)49)39(52)28(4)17-12-10-8-9-11-15-27(3)16-13-19-37(51)58-7/h8-10,12-13,16,19,23,25-26,28,30,32,34-36,38-40,43,46-47,50,52-53,56-57H,11,14-15,17-18,20-22,24H2,1-7H3,(H,45,54)/b9-8+,12-10+,19-13+,27-16+/t28-,30?,32+,34?,35-,36?,38-,39+,40?/m0/s1. The zero-order valence-electron chi connectivity index (χ0n) is 35.0. The van der Waals surface area contributed by atoms with Gasteiger partial charge in [-0.15, -0.1) is 0 Å². The van der Waals surface area contributed by atoms with Crippen molar-refractivity contribution in [3.05, 3.63) is 71.7 Å². The van der Waals surface area contributed by atoms with Gasteiger partial charge >= 0.3 is 5.97 Å². The maximum atomic E-state index is 14.7. The minimum atomic E-state index is -1.74. The quantitative estimate of drug-likeness (QED) is 0.0323. The molecule has 0 aromatic rings. The van der Waals surface area contributed by atoms with Crippen molar-refractivity contribution in [2.75, 3.05) is 13.7 Å². The number of methoxy groups -OCH3 is 1. The predicted octanol–water partition coefficient (Wildman–Crippen LogP) is 3.33. The molecule has 9 atom stereocenters. The average molecular weight is 819 g/mol. The maximum Gasteiger partial charge on any atom is 0.330 e. The van der Waals surface area contributed by atoms with Crippen molar-refractivity contribution in [2.24, 2.45) is 23.7 Å². The summed E-state index contributed by atoms with van der Waals surface area (Å²) in [4.78, 5) is 51.1. The number of rotatable bonds is 23. The van der Waals surface area contributed by atoms with Gasteiger partial charge in [-0.1, -0.05) is 75.8 Å².